The third kappa shape index (κ3) is 4.29. The average Bonchev–Trinajstić information content (AvgIpc) is 2.78. The Morgan fingerprint density at radius 2 is 1.70 bits per heavy atom. The molecule has 0 saturated heterocycles. The maximum absolute atomic E-state index is 9.41. The monoisotopic (exact) mass is 395 g/mol. The number of hydrogen-bond acceptors (Lipinski definition) is 7. The zero-order valence-corrected chi connectivity index (χ0v) is 16.3. The highest BCUT2D eigenvalue weighted by atomic mass is 14.9. The molecule has 0 aliphatic carbocycles. The minimum absolute atomic E-state index is 0. The SMILES string of the molecule is N.N#Cc1cccc(C(c2nccc(N)n2)C(c2cccnc2)c2ccccn2)c1. The van der Waals surface area contributed by atoms with Crippen molar-refractivity contribution in [2.24, 2.45) is 0 Å². The number of benzene rings is 1. The number of nitriles is 1. The molecule has 4 aromatic rings. The molecule has 4 rings (SSSR count). The maximum atomic E-state index is 9.41. The van der Waals surface area contributed by atoms with Gasteiger partial charge in [-0.2, -0.15) is 5.26 Å². The number of aromatic nitrogens is 4. The van der Waals surface area contributed by atoms with Gasteiger partial charge in [-0.15, -0.1) is 0 Å². The van der Waals surface area contributed by atoms with E-state index in [-0.39, 0.29) is 18.0 Å². The summed E-state index contributed by atoms with van der Waals surface area (Å²) in [5.41, 5.74) is 9.30. The first-order chi connectivity index (χ1) is 14.3. The van der Waals surface area contributed by atoms with E-state index in [1.165, 1.54) is 0 Å². The van der Waals surface area contributed by atoms with Crippen LogP contribution < -0.4 is 11.9 Å². The van der Waals surface area contributed by atoms with Crippen LogP contribution in [0.2, 0.25) is 0 Å². The van der Waals surface area contributed by atoms with Gasteiger partial charge in [-0.1, -0.05) is 24.3 Å². The molecule has 7 nitrogen and oxygen atoms in total. The van der Waals surface area contributed by atoms with E-state index in [0.717, 1.165) is 16.8 Å². The van der Waals surface area contributed by atoms with Crippen molar-refractivity contribution in [1.29, 1.82) is 5.26 Å². The van der Waals surface area contributed by atoms with Crippen LogP contribution in [0.5, 0.6) is 0 Å². The summed E-state index contributed by atoms with van der Waals surface area (Å²) in [5.74, 6) is 0.452. The summed E-state index contributed by atoms with van der Waals surface area (Å²) in [4.78, 5) is 18.0. The quantitative estimate of drug-likeness (QED) is 0.523. The van der Waals surface area contributed by atoms with Gasteiger partial charge in [0, 0.05) is 36.4 Å². The predicted octanol–water partition coefficient (Wildman–Crippen LogP) is 3.85. The van der Waals surface area contributed by atoms with Crippen molar-refractivity contribution in [2.45, 2.75) is 11.8 Å². The Labute approximate surface area is 174 Å². The van der Waals surface area contributed by atoms with Crippen molar-refractivity contribution >= 4 is 5.82 Å². The van der Waals surface area contributed by atoms with Crippen molar-refractivity contribution < 1.29 is 0 Å². The molecule has 0 radical (unpaired) electrons. The summed E-state index contributed by atoms with van der Waals surface area (Å²) in [7, 11) is 0. The van der Waals surface area contributed by atoms with Gasteiger partial charge in [0.1, 0.15) is 11.6 Å². The van der Waals surface area contributed by atoms with E-state index in [2.05, 4.69) is 26.0 Å². The highest BCUT2D eigenvalue weighted by molar-refractivity contribution is 5.43. The van der Waals surface area contributed by atoms with E-state index in [0.29, 0.717) is 17.2 Å². The zero-order valence-electron chi connectivity index (χ0n) is 16.3. The molecule has 1 aromatic carbocycles. The molecule has 3 heterocycles. The Hall–Kier alpha value is -4.15. The van der Waals surface area contributed by atoms with Crippen molar-refractivity contribution in [2.75, 3.05) is 5.73 Å². The first-order valence-corrected chi connectivity index (χ1v) is 9.15. The molecule has 0 fully saturated rings. The van der Waals surface area contributed by atoms with Crippen LogP contribution in [0.15, 0.2) is 85.5 Å². The van der Waals surface area contributed by atoms with E-state index in [9.17, 15) is 5.26 Å². The van der Waals surface area contributed by atoms with E-state index >= 15 is 0 Å². The average molecular weight is 395 g/mol. The second-order valence-electron chi connectivity index (χ2n) is 6.57. The van der Waals surface area contributed by atoms with Crippen LogP contribution in [-0.2, 0) is 0 Å². The molecule has 0 saturated carbocycles. The van der Waals surface area contributed by atoms with Crippen LogP contribution in [0.1, 0.15) is 40.0 Å². The second kappa shape index (κ2) is 9.37. The van der Waals surface area contributed by atoms with Crippen LogP contribution in [-0.4, -0.2) is 19.9 Å². The third-order valence-corrected chi connectivity index (χ3v) is 4.73. The molecule has 148 valence electrons. The van der Waals surface area contributed by atoms with Gasteiger partial charge in [0.15, 0.2) is 0 Å². The number of nitrogens with zero attached hydrogens (tertiary/aromatic N) is 5. The second-order valence-corrected chi connectivity index (χ2v) is 6.57. The number of nitrogens with two attached hydrogens (primary N) is 1. The van der Waals surface area contributed by atoms with Gasteiger partial charge in [0.05, 0.1) is 17.6 Å². The van der Waals surface area contributed by atoms with Crippen LogP contribution in [0, 0.1) is 11.3 Å². The van der Waals surface area contributed by atoms with Crippen molar-refractivity contribution in [1.82, 2.24) is 26.1 Å². The lowest BCUT2D eigenvalue weighted by atomic mass is 9.78. The lowest BCUT2D eigenvalue weighted by molar-refractivity contribution is 0.636. The summed E-state index contributed by atoms with van der Waals surface area (Å²) in [6.45, 7) is 0. The Morgan fingerprint density at radius 3 is 2.40 bits per heavy atom. The van der Waals surface area contributed by atoms with Crippen LogP contribution in [0.25, 0.3) is 0 Å². The summed E-state index contributed by atoms with van der Waals surface area (Å²) < 4.78 is 0. The number of rotatable bonds is 5. The number of hydrogen-bond donors (Lipinski definition) is 2. The summed E-state index contributed by atoms with van der Waals surface area (Å²) in [6, 6.07) is 21.1. The lowest BCUT2D eigenvalue weighted by Crippen LogP contribution is -2.19. The van der Waals surface area contributed by atoms with Gasteiger partial charge in [-0.25, -0.2) is 9.97 Å². The van der Waals surface area contributed by atoms with Crippen molar-refractivity contribution in [3.05, 3.63) is 114 Å². The minimum Gasteiger partial charge on any atom is -0.384 e. The Bertz CT molecular complexity index is 1100. The van der Waals surface area contributed by atoms with Crippen molar-refractivity contribution in [3.8, 4) is 6.07 Å². The van der Waals surface area contributed by atoms with E-state index in [4.69, 9.17) is 5.73 Å². The Kier molecular flexibility index (Phi) is 6.42. The number of pyridine rings is 2. The fourth-order valence-corrected chi connectivity index (χ4v) is 3.48. The van der Waals surface area contributed by atoms with Gasteiger partial charge in [0.25, 0.3) is 0 Å². The van der Waals surface area contributed by atoms with Gasteiger partial charge in [-0.05, 0) is 47.5 Å². The zero-order chi connectivity index (χ0) is 20.1. The highest BCUT2D eigenvalue weighted by Crippen LogP contribution is 2.40. The summed E-state index contributed by atoms with van der Waals surface area (Å²) in [5, 5.41) is 9.41. The van der Waals surface area contributed by atoms with Crippen LogP contribution in [0.4, 0.5) is 5.82 Å². The summed E-state index contributed by atoms with van der Waals surface area (Å²) >= 11 is 0. The standard InChI is InChI=1S/C23H18N6.H3N/c24-14-16-5-3-6-17(13-16)22(23-28-12-9-20(25)29-23)21(18-7-4-10-26-15-18)19-8-1-2-11-27-19;/h1-13,15,21-22H,(H2,25,28,29);1H3. The van der Waals surface area contributed by atoms with Gasteiger partial charge in [0.2, 0.25) is 0 Å². The lowest BCUT2D eigenvalue weighted by Gasteiger charge is -2.27. The normalized spacial score (nSPS) is 12.2. The first kappa shape index (κ1) is 20.6. The Morgan fingerprint density at radius 1 is 0.833 bits per heavy atom. The maximum Gasteiger partial charge on any atom is 0.139 e. The molecule has 7 heteroatoms. The molecular weight excluding hydrogens is 374 g/mol. The predicted molar refractivity (Wildman–Crippen MR) is 115 cm³/mol. The fourth-order valence-electron chi connectivity index (χ4n) is 3.48. The largest absolute Gasteiger partial charge is 0.384 e. The number of nitrogen functional groups attached to an aromatic ring is 1. The highest BCUT2D eigenvalue weighted by Gasteiger charge is 2.31. The first-order valence-electron chi connectivity index (χ1n) is 9.15. The molecule has 0 bridgehead atoms. The van der Waals surface area contributed by atoms with Crippen LogP contribution >= 0.6 is 0 Å². The molecule has 0 aliphatic rings. The molecule has 30 heavy (non-hydrogen) atoms. The molecule has 5 N–H and O–H groups in total. The fraction of sp³-hybridized carbons (Fsp3) is 0.0870. The van der Waals surface area contributed by atoms with E-state index in [1.807, 2.05) is 54.7 Å². The molecule has 0 spiro atoms. The summed E-state index contributed by atoms with van der Waals surface area (Å²) in [6.07, 6.45) is 6.98. The van der Waals surface area contributed by atoms with E-state index < -0.39 is 0 Å². The molecule has 3 aromatic heterocycles. The molecule has 0 amide bonds. The molecule has 2 atom stereocenters. The van der Waals surface area contributed by atoms with Gasteiger partial charge >= 0.3 is 0 Å². The third-order valence-electron chi connectivity index (χ3n) is 4.73. The topological polar surface area (TPSA) is 136 Å². The van der Waals surface area contributed by atoms with Crippen molar-refractivity contribution in [3.63, 3.8) is 0 Å². The van der Waals surface area contributed by atoms with Gasteiger partial charge < -0.3 is 11.9 Å². The minimum atomic E-state index is -0.300. The smallest absolute Gasteiger partial charge is 0.139 e. The van der Waals surface area contributed by atoms with Gasteiger partial charge in [-0.3, -0.25) is 9.97 Å². The molecule has 0 aliphatic heterocycles. The molecular formula is C23H21N7. The number of anilines is 1. The molecule has 2 unspecified atom stereocenters. The van der Waals surface area contributed by atoms with E-state index in [1.54, 1.807) is 30.7 Å². The Balaban J connectivity index is 0.00000256. The van der Waals surface area contributed by atoms with Crippen LogP contribution in [0.3, 0.4) is 0 Å².